The molecule has 1 aromatic carbocycles. The number of rotatable bonds is 5. The van der Waals surface area contributed by atoms with Crippen molar-refractivity contribution >= 4 is 33.1 Å². The van der Waals surface area contributed by atoms with Crippen LogP contribution in [0, 0.1) is 11.3 Å². The normalized spacial score (nSPS) is 17.4. The lowest BCUT2D eigenvalue weighted by Gasteiger charge is -2.36. The number of aromatic hydroxyl groups is 1. The minimum atomic E-state index is 0.251. The third-order valence-electron chi connectivity index (χ3n) is 6.47. The number of aromatic nitrogens is 2. The number of hydrogen-bond acceptors (Lipinski definition) is 6. The van der Waals surface area contributed by atoms with Crippen LogP contribution in [0.25, 0.3) is 10.2 Å². The molecule has 2 heterocycles. The van der Waals surface area contributed by atoms with Crippen molar-refractivity contribution in [2.45, 2.75) is 53.4 Å². The molecule has 1 atom stereocenters. The van der Waals surface area contributed by atoms with Crippen LogP contribution in [-0.4, -0.2) is 20.8 Å². The Hall–Kier alpha value is -2.47. The number of nitrogens with one attached hydrogen (secondary N) is 1. The van der Waals surface area contributed by atoms with Crippen LogP contribution in [0.5, 0.6) is 5.75 Å². The van der Waals surface area contributed by atoms with E-state index in [9.17, 15) is 5.11 Å². The lowest BCUT2D eigenvalue weighted by atomic mass is 9.69. The van der Waals surface area contributed by atoms with Gasteiger partial charge in [-0.3, -0.25) is 5.43 Å². The molecule has 0 aliphatic heterocycles. The summed E-state index contributed by atoms with van der Waals surface area (Å²) in [5.74, 6) is 1.70. The number of phenols is 1. The summed E-state index contributed by atoms with van der Waals surface area (Å²) in [5, 5.41) is 15.2. The van der Waals surface area contributed by atoms with Crippen LogP contribution >= 0.6 is 11.3 Å². The fourth-order valence-corrected chi connectivity index (χ4v) is 5.24. The molecule has 3 aromatic rings. The molecular weight excluding hydrogens is 380 g/mol. The number of fused-ring (bicyclic) bond motifs is 3. The van der Waals surface area contributed by atoms with E-state index in [1.165, 1.54) is 23.3 Å². The van der Waals surface area contributed by atoms with Gasteiger partial charge in [-0.25, -0.2) is 9.97 Å². The standard InChI is InChI=1S/C23H28N4OS/c1-5-23(3,4)16-8-11-19-18(12-16)20-21(24-13-25-22(20)29-19)27-26-14(2)15-6-9-17(28)10-7-15/h6-7,9-10,13,16,28H,5,8,11-12H2,1-4H3,(H,24,25,27)/b26-14-/t16-/m0/s1. The zero-order valence-corrected chi connectivity index (χ0v) is 18.3. The summed E-state index contributed by atoms with van der Waals surface area (Å²) in [6.07, 6.45) is 6.26. The Morgan fingerprint density at radius 1 is 1.28 bits per heavy atom. The summed E-state index contributed by atoms with van der Waals surface area (Å²) in [6, 6.07) is 7.05. The molecule has 0 radical (unpaired) electrons. The average Bonchev–Trinajstić information content (AvgIpc) is 3.11. The SMILES string of the molecule is CCC(C)(C)[C@H]1CCc2sc3ncnc(N/N=C(/C)c4ccc(O)cc4)c3c2C1. The van der Waals surface area contributed by atoms with E-state index >= 15 is 0 Å². The summed E-state index contributed by atoms with van der Waals surface area (Å²) in [4.78, 5) is 11.5. The van der Waals surface area contributed by atoms with Crippen LogP contribution in [0.15, 0.2) is 35.7 Å². The summed E-state index contributed by atoms with van der Waals surface area (Å²) in [5.41, 5.74) is 6.72. The van der Waals surface area contributed by atoms with Gasteiger partial charge in [-0.05, 0) is 72.9 Å². The number of hydrazone groups is 1. The van der Waals surface area contributed by atoms with Gasteiger partial charge in [-0.2, -0.15) is 5.10 Å². The maximum Gasteiger partial charge on any atom is 0.158 e. The second kappa shape index (κ2) is 7.75. The zero-order valence-electron chi connectivity index (χ0n) is 17.5. The van der Waals surface area contributed by atoms with Crippen molar-refractivity contribution in [2.75, 3.05) is 5.43 Å². The molecule has 1 aliphatic carbocycles. The number of anilines is 1. The van der Waals surface area contributed by atoms with E-state index in [1.807, 2.05) is 19.1 Å². The molecule has 29 heavy (non-hydrogen) atoms. The summed E-state index contributed by atoms with van der Waals surface area (Å²) < 4.78 is 0. The molecule has 0 amide bonds. The average molecular weight is 409 g/mol. The number of aryl methyl sites for hydroxylation is 1. The molecule has 0 saturated heterocycles. The largest absolute Gasteiger partial charge is 0.508 e. The van der Waals surface area contributed by atoms with E-state index in [2.05, 4.69) is 41.3 Å². The van der Waals surface area contributed by atoms with Gasteiger partial charge in [0.1, 0.15) is 16.9 Å². The molecule has 2 N–H and O–H groups in total. The predicted octanol–water partition coefficient (Wildman–Crippen LogP) is 5.77. The number of benzene rings is 1. The third kappa shape index (κ3) is 3.86. The lowest BCUT2D eigenvalue weighted by molar-refractivity contribution is 0.184. The molecule has 0 spiro atoms. The van der Waals surface area contributed by atoms with Gasteiger partial charge >= 0.3 is 0 Å². The van der Waals surface area contributed by atoms with Gasteiger partial charge in [0.05, 0.1) is 11.1 Å². The minimum Gasteiger partial charge on any atom is -0.508 e. The number of phenolic OH excluding ortho intramolecular Hbond substituents is 1. The van der Waals surface area contributed by atoms with Gasteiger partial charge in [0.25, 0.3) is 0 Å². The smallest absolute Gasteiger partial charge is 0.158 e. The Morgan fingerprint density at radius 2 is 2.03 bits per heavy atom. The highest BCUT2D eigenvalue weighted by atomic mass is 32.1. The van der Waals surface area contributed by atoms with Gasteiger partial charge < -0.3 is 5.11 Å². The number of thiophene rings is 1. The van der Waals surface area contributed by atoms with E-state index in [4.69, 9.17) is 0 Å². The second-order valence-electron chi connectivity index (χ2n) is 8.54. The van der Waals surface area contributed by atoms with Crippen LogP contribution in [0.3, 0.4) is 0 Å². The Bertz CT molecular complexity index is 1050. The topological polar surface area (TPSA) is 70.4 Å². The first kappa shape index (κ1) is 19.8. The molecule has 0 unspecified atom stereocenters. The fourth-order valence-electron chi connectivity index (χ4n) is 4.05. The van der Waals surface area contributed by atoms with E-state index < -0.39 is 0 Å². The van der Waals surface area contributed by atoms with Crippen LogP contribution in [0.1, 0.15) is 56.5 Å². The Kier molecular flexibility index (Phi) is 5.30. The molecular formula is C23H28N4OS. The quantitative estimate of drug-likeness (QED) is 0.415. The highest BCUT2D eigenvalue weighted by Crippen LogP contribution is 2.45. The predicted molar refractivity (Wildman–Crippen MR) is 121 cm³/mol. The Balaban J connectivity index is 1.67. The first-order valence-electron chi connectivity index (χ1n) is 10.2. The molecule has 2 aromatic heterocycles. The summed E-state index contributed by atoms with van der Waals surface area (Å²) >= 11 is 1.80. The summed E-state index contributed by atoms with van der Waals surface area (Å²) in [6.45, 7) is 9.01. The molecule has 152 valence electrons. The minimum absolute atomic E-state index is 0.251. The van der Waals surface area contributed by atoms with E-state index in [-0.39, 0.29) is 5.75 Å². The number of hydrogen-bond donors (Lipinski definition) is 2. The first-order chi connectivity index (χ1) is 13.9. The van der Waals surface area contributed by atoms with Gasteiger partial charge in [0, 0.05) is 4.88 Å². The van der Waals surface area contributed by atoms with Crippen LogP contribution < -0.4 is 5.43 Å². The van der Waals surface area contributed by atoms with E-state index in [0.29, 0.717) is 11.3 Å². The molecule has 1 aliphatic rings. The van der Waals surface area contributed by atoms with Crippen molar-refractivity contribution in [3.63, 3.8) is 0 Å². The van der Waals surface area contributed by atoms with E-state index in [0.717, 1.165) is 40.2 Å². The highest BCUT2D eigenvalue weighted by molar-refractivity contribution is 7.19. The van der Waals surface area contributed by atoms with Crippen molar-refractivity contribution in [1.29, 1.82) is 0 Å². The van der Waals surface area contributed by atoms with Crippen molar-refractivity contribution in [3.8, 4) is 5.75 Å². The van der Waals surface area contributed by atoms with Gasteiger partial charge in [0.2, 0.25) is 0 Å². The molecule has 5 nitrogen and oxygen atoms in total. The van der Waals surface area contributed by atoms with Crippen LogP contribution in [0.2, 0.25) is 0 Å². The van der Waals surface area contributed by atoms with Crippen molar-refractivity contribution in [3.05, 3.63) is 46.6 Å². The maximum atomic E-state index is 9.48. The molecule has 0 fully saturated rings. The highest BCUT2D eigenvalue weighted by Gasteiger charge is 2.33. The summed E-state index contributed by atoms with van der Waals surface area (Å²) in [7, 11) is 0. The number of nitrogens with zero attached hydrogens (tertiary/aromatic N) is 3. The van der Waals surface area contributed by atoms with Gasteiger partial charge in [0.15, 0.2) is 5.82 Å². The van der Waals surface area contributed by atoms with Gasteiger partial charge in [-0.1, -0.05) is 27.2 Å². The molecule has 4 rings (SSSR count). The van der Waals surface area contributed by atoms with Crippen LogP contribution in [-0.2, 0) is 12.8 Å². The first-order valence-corrected chi connectivity index (χ1v) is 11.1. The lowest BCUT2D eigenvalue weighted by Crippen LogP contribution is -2.28. The van der Waals surface area contributed by atoms with E-state index in [1.54, 1.807) is 29.8 Å². The molecule has 6 heteroatoms. The van der Waals surface area contributed by atoms with Crippen LogP contribution in [0.4, 0.5) is 5.82 Å². The molecule has 0 bridgehead atoms. The fraction of sp³-hybridized carbons (Fsp3) is 0.435. The third-order valence-corrected chi connectivity index (χ3v) is 7.67. The Labute approximate surface area is 175 Å². The molecule has 0 saturated carbocycles. The van der Waals surface area contributed by atoms with Crippen molar-refractivity contribution in [2.24, 2.45) is 16.4 Å². The monoisotopic (exact) mass is 408 g/mol. The maximum absolute atomic E-state index is 9.48. The van der Waals surface area contributed by atoms with Crippen molar-refractivity contribution in [1.82, 2.24) is 9.97 Å². The second-order valence-corrected chi connectivity index (χ2v) is 9.63. The van der Waals surface area contributed by atoms with Gasteiger partial charge in [-0.15, -0.1) is 11.3 Å². The van der Waals surface area contributed by atoms with Crippen molar-refractivity contribution < 1.29 is 5.11 Å². The zero-order chi connectivity index (χ0) is 20.6. The Morgan fingerprint density at radius 3 is 2.76 bits per heavy atom.